The number of imide groups is 1. The minimum absolute atomic E-state index is 0.116. The zero-order chi connectivity index (χ0) is 22.7. The zero-order valence-corrected chi connectivity index (χ0v) is 17.3. The fourth-order valence-corrected chi connectivity index (χ4v) is 3.49. The van der Waals surface area contributed by atoms with Gasteiger partial charge in [-0.3, -0.25) is 19.3 Å². The summed E-state index contributed by atoms with van der Waals surface area (Å²) >= 11 is 0. The summed E-state index contributed by atoms with van der Waals surface area (Å²) in [5.74, 6) is -1.71. The van der Waals surface area contributed by atoms with Gasteiger partial charge in [-0.05, 0) is 35.9 Å². The van der Waals surface area contributed by atoms with Gasteiger partial charge in [0.1, 0.15) is 11.5 Å². The van der Waals surface area contributed by atoms with Crippen LogP contribution in [0, 0.1) is 5.82 Å². The van der Waals surface area contributed by atoms with E-state index in [-0.39, 0.29) is 29.3 Å². The number of rotatable bonds is 6. The standard InChI is InChI=1S/C25H20FN3O3/c1-16(30)27-19-11-13-20(14-12-19)28-23-22(17-7-3-2-4-8-17)24(31)29(25(23)32)15-18-9-5-6-10-21(18)26/h2-14,28H,15H2,1H3,(H,27,30). The summed E-state index contributed by atoms with van der Waals surface area (Å²) < 4.78 is 14.2. The number of amides is 3. The van der Waals surface area contributed by atoms with E-state index in [0.717, 1.165) is 4.90 Å². The molecule has 0 aromatic heterocycles. The van der Waals surface area contributed by atoms with Gasteiger partial charge in [0.15, 0.2) is 0 Å². The number of hydrogen-bond donors (Lipinski definition) is 2. The first-order valence-corrected chi connectivity index (χ1v) is 9.98. The van der Waals surface area contributed by atoms with Crippen molar-refractivity contribution in [3.63, 3.8) is 0 Å². The number of anilines is 2. The van der Waals surface area contributed by atoms with E-state index in [2.05, 4.69) is 10.6 Å². The molecule has 0 spiro atoms. The van der Waals surface area contributed by atoms with Crippen LogP contribution in [0.4, 0.5) is 15.8 Å². The Morgan fingerprint density at radius 2 is 1.47 bits per heavy atom. The zero-order valence-electron chi connectivity index (χ0n) is 17.3. The van der Waals surface area contributed by atoms with Crippen molar-refractivity contribution in [1.29, 1.82) is 0 Å². The molecule has 0 unspecified atom stereocenters. The van der Waals surface area contributed by atoms with Crippen LogP contribution in [0.2, 0.25) is 0 Å². The third kappa shape index (κ3) is 4.27. The van der Waals surface area contributed by atoms with Crippen molar-refractivity contribution in [2.24, 2.45) is 0 Å². The van der Waals surface area contributed by atoms with Crippen LogP contribution in [0.25, 0.3) is 5.57 Å². The first-order chi connectivity index (χ1) is 15.4. The number of hydrogen-bond acceptors (Lipinski definition) is 4. The molecule has 0 saturated carbocycles. The number of nitrogens with zero attached hydrogens (tertiary/aromatic N) is 1. The number of nitrogens with one attached hydrogen (secondary N) is 2. The lowest BCUT2D eigenvalue weighted by Gasteiger charge is -2.16. The lowest BCUT2D eigenvalue weighted by molar-refractivity contribution is -0.137. The van der Waals surface area contributed by atoms with Crippen molar-refractivity contribution in [3.8, 4) is 0 Å². The van der Waals surface area contributed by atoms with Gasteiger partial charge in [0.05, 0.1) is 12.1 Å². The minimum Gasteiger partial charge on any atom is -0.350 e. The van der Waals surface area contributed by atoms with E-state index in [0.29, 0.717) is 16.9 Å². The van der Waals surface area contributed by atoms with Crippen LogP contribution in [0.3, 0.4) is 0 Å². The van der Waals surface area contributed by atoms with Crippen LogP contribution in [-0.4, -0.2) is 22.6 Å². The quantitative estimate of drug-likeness (QED) is 0.577. The Kier molecular flexibility index (Phi) is 5.81. The van der Waals surface area contributed by atoms with Crippen LogP contribution < -0.4 is 10.6 Å². The molecule has 2 N–H and O–H groups in total. The molecule has 6 nitrogen and oxygen atoms in total. The van der Waals surface area contributed by atoms with E-state index in [4.69, 9.17) is 0 Å². The van der Waals surface area contributed by atoms with Gasteiger partial charge in [-0.2, -0.15) is 0 Å². The third-order valence-electron chi connectivity index (χ3n) is 4.99. The Hall–Kier alpha value is -4.26. The molecule has 0 atom stereocenters. The minimum atomic E-state index is -0.539. The first-order valence-electron chi connectivity index (χ1n) is 9.98. The Balaban J connectivity index is 1.68. The summed E-state index contributed by atoms with van der Waals surface area (Å²) in [5, 5.41) is 5.71. The highest BCUT2D eigenvalue weighted by atomic mass is 19.1. The molecule has 0 radical (unpaired) electrons. The van der Waals surface area contributed by atoms with Crippen molar-refractivity contribution in [1.82, 2.24) is 4.90 Å². The summed E-state index contributed by atoms with van der Waals surface area (Å²) in [6.45, 7) is 1.24. The molecular weight excluding hydrogens is 409 g/mol. The third-order valence-corrected chi connectivity index (χ3v) is 4.99. The van der Waals surface area contributed by atoms with E-state index in [1.807, 2.05) is 6.07 Å². The van der Waals surface area contributed by atoms with Crippen molar-refractivity contribution < 1.29 is 18.8 Å². The van der Waals surface area contributed by atoms with Crippen molar-refractivity contribution in [2.75, 3.05) is 10.6 Å². The van der Waals surface area contributed by atoms with Crippen molar-refractivity contribution in [3.05, 3.63) is 102 Å². The molecule has 1 aliphatic heterocycles. The molecule has 0 saturated heterocycles. The molecule has 4 rings (SSSR count). The van der Waals surface area contributed by atoms with Crippen LogP contribution in [0.15, 0.2) is 84.6 Å². The lowest BCUT2D eigenvalue weighted by atomic mass is 10.0. The highest BCUT2D eigenvalue weighted by Crippen LogP contribution is 2.32. The van der Waals surface area contributed by atoms with Gasteiger partial charge < -0.3 is 10.6 Å². The molecule has 0 fully saturated rings. The van der Waals surface area contributed by atoms with E-state index in [1.165, 1.54) is 13.0 Å². The van der Waals surface area contributed by atoms with Gasteiger partial charge in [-0.15, -0.1) is 0 Å². The summed E-state index contributed by atoms with van der Waals surface area (Å²) in [7, 11) is 0. The molecule has 0 bridgehead atoms. The fraction of sp³-hybridized carbons (Fsp3) is 0.0800. The highest BCUT2D eigenvalue weighted by Gasteiger charge is 2.39. The second-order valence-electron chi connectivity index (χ2n) is 7.29. The maximum absolute atomic E-state index is 14.2. The molecule has 1 aliphatic rings. The van der Waals surface area contributed by atoms with E-state index in [1.54, 1.807) is 66.7 Å². The number of carbonyl (C=O) groups excluding carboxylic acids is 3. The Bertz CT molecular complexity index is 1220. The van der Waals surface area contributed by atoms with E-state index >= 15 is 0 Å². The predicted molar refractivity (Wildman–Crippen MR) is 120 cm³/mol. The van der Waals surface area contributed by atoms with Crippen molar-refractivity contribution >= 4 is 34.7 Å². The van der Waals surface area contributed by atoms with Gasteiger partial charge in [-0.1, -0.05) is 48.5 Å². The van der Waals surface area contributed by atoms with Crippen LogP contribution >= 0.6 is 0 Å². The van der Waals surface area contributed by atoms with Crippen LogP contribution in [0.5, 0.6) is 0 Å². The smallest absolute Gasteiger partial charge is 0.278 e. The first kappa shape index (κ1) is 21.0. The molecule has 0 aliphatic carbocycles. The normalized spacial score (nSPS) is 13.5. The predicted octanol–water partition coefficient (Wildman–Crippen LogP) is 4.18. The summed E-state index contributed by atoms with van der Waals surface area (Å²) in [5.41, 5.74) is 2.34. The van der Waals surface area contributed by atoms with Gasteiger partial charge >= 0.3 is 0 Å². The van der Waals surface area contributed by atoms with E-state index < -0.39 is 17.6 Å². The van der Waals surface area contributed by atoms with E-state index in [9.17, 15) is 18.8 Å². The number of benzene rings is 3. The fourth-order valence-electron chi connectivity index (χ4n) is 3.49. The van der Waals surface area contributed by atoms with Gasteiger partial charge in [0.2, 0.25) is 5.91 Å². The molecule has 3 aromatic rings. The number of halogens is 1. The summed E-state index contributed by atoms with van der Waals surface area (Å²) in [6.07, 6.45) is 0. The second-order valence-corrected chi connectivity index (χ2v) is 7.29. The highest BCUT2D eigenvalue weighted by molar-refractivity contribution is 6.36. The Labute approximate surface area is 184 Å². The molecular formula is C25H20FN3O3. The van der Waals surface area contributed by atoms with Crippen molar-refractivity contribution in [2.45, 2.75) is 13.5 Å². The summed E-state index contributed by atoms with van der Waals surface area (Å²) in [6, 6.07) is 21.7. The van der Waals surface area contributed by atoms with Crippen LogP contribution in [0.1, 0.15) is 18.1 Å². The van der Waals surface area contributed by atoms with Crippen LogP contribution in [-0.2, 0) is 20.9 Å². The molecule has 32 heavy (non-hydrogen) atoms. The topological polar surface area (TPSA) is 78.5 Å². The number of carbonyl (C=O) groups is 3. The largest absolute Gasteiger partial charge is 0.350 e. The van der Waals surface area contributed by atoms with Gasteiger partial charge in [0.25, 0.3) is 11.8 Å². The van der Waals surface area contributed by atoms with Gasteiger partial charge in [0, 0.05) is 23.9 Å². The SMILES string of the molecule is CC(=O)Nc1ccc(NC2=C(c3ccccc3)C(=O)N(Cc3ccccc3F)C2=O)cc1. The monoisotopic (exact) mass is 429 g/mol. The molecule has 1 heterocycles. The molecule has 3 amide bonds. The molecule has 160 valence electrons. The molecule has 3 aromatic carbocycles. The maximum Gasteiger partial charge on any atom is 0.278 e. The Morgan fingerprint density at radius 1 is 0.844 bits per heavy atom. The average molecular weight is 429 g/mol. The Morgan fingerprint density at radius 3 is 2.12 bits per heavy atom. The lowest BCUT2D eigenvalue weighted by Crippen LogP contribution is -2.32. The maximum atomic E-state index is 14.2. The van der Waals surface area contributed by atoms with Gasteiger partial charge in [-0.25, -0.2) is 4.39 Å². The average Bonchev–Trinajstić information content (AvgIpc) is 3.01. The second kappa shape index (κ2) is 8.85. The summed E-state index contributed by atoms with van der Waals surface area (Å²) in [4.78, 5) is 38.7. The molecule has 7 heteroatoms.